The van der Waals surface area contributed by atoms with Gasteiger partial charge in [0.1, 0.15) is 0 Å². The fraction of sp³-hybridized carbons (Fsp3) is 1.00. The third kappa shape index (κ3) is 9.32. The minimum absolute atomic E-state index is 0.850. The van der Waals surface area contributed by atoms with Crippen LogP contribution in [0.3, 0.4) is 0 Å². The van der Waals surface area contributed by atoms with Gasteiger partial charge in [-0.3, -0.25) is 0 Å². The highest BCUT2D eigenvalue weighted by atomic mass is 14.9. The van der Waals surface area contributed by atoms with Crippen LogP contribution in [0.15, 0.2) is 0 Å². The van der Waals surface area contributed by atoms with Crippen molar-refractivity contribution in [2.45, 2.75) is 154 Å². The van der Waals surface area contributed by atoms with Gasteiger partial charge in [-0.25, -0.2) is 0 Å². The first-order chi connectivity index (χ1) is 14.4. The van der Waals surface area contributed by atoms with Crippen molar-refractivity contribution in [3.8, 4) is 0 Å². The molecule has 1 nitrogen and oxygen atoms in total. The zero-order chi connectivity index (χ0) is 20.0. The molecule has 0 aromatic carbocycles. The molecule has 3 saturated carbocycles. The maximum Gasteiger partial charge on any atom is 0.00980 e. The van der Waals surface area contributed by atoms with Crippen molar-refractivity contribution in [3.63, 3.8) is 0 Å². The molecule has 0 amide bonds. The van der Waals surface area contributed by atoms with Gasteiger partial charge in [-0.05, 0) is 50.0 Å². The summed E-state index contributed by atoms with van der Waals surface area (Å²) < 4.78 is 0. The lowest BCUT2D eigenvalue weighted by molar-refractivity contribution is 0.230. The maximum absolute atomic E-state index is 4.17. The largest absolute Gasteiger partial charge is 0.313 e. The SMILES string of the molecule is C1CCCCCC(CNC2CCCC2C2CCCCCCCCCC2)CCCC1. The lowest BCUT2D eigenvalue weighted by Crippen LogP contribution is -2.39. The molecule has 1 N–H and O–H groups in total. The molecule has 3 aliphatic carbocycles. The lowest BCUT2D eigenvalue weighted by atomic mass is 9.80. The number of nitrogens with one attached hydrogen (secondary N) is 1. The van der Waals surface area contributed by atoms with Crippen LogP contribution in [0.1, 0.15) is 148 Å². The van der Waals surface area contributed by atoms with Crippen LogP contribution in [0.5, 0.6) is 0 Å². The Balaban J connectivity index is 1.46. The smallest absolute Gasteiger partial charge is 0.00980 e. The fourth-order valence-corrected chi connectivity index (χ4v) is 6.85. The van der Waals surface area contributed by atoms with E-state index in [-0.39, 0.29) is 0 Å². The highest BCUT2D eigenvalue weighted by Crippen LogP contribution is 2.38. The van der Waals surface area contributed by atoms with E-state index in [1.165, 1.54) is 154 Å². The normalized spacial score (nSPS) is 31.0. The molecule has 0 bridgehead atoms. The van der Waals surface area contributed by atoms with Crippen molar-refractivity contribution < 1.29 is 0 Å². The summed E-state index contributed by atoms with van der Waals surface area (Å²) in [4.78, 5) is 0. The van der Waals surface area contributed by atoms with Gasteiger partial charge < -0.3 is 5.32 Å². The Morgan fingerprint density at radius 2 is 0.862 bits per heavy atom. The highest BCUT2D eigenvalue weighted by molar-refractivity contribution is 4.88. The minimum atomic E-state index is 0.850. The van der Waals surface area contributed by atoms with E-state index in [0.717, 1.165) is 23.8 Å². The molecule has 2 atom stereocenters. The van der Waals surface area contributed by atoms with Gasteiger partial charge in [0.05, 0.1) is 0 Å². The monoisotopic (exact) mass is 403 g/mol. The Hall–Kier alpha value is -0.0400. The Labute approximate surface area is 183 Å². The molecule has 2 unspecified atom stereocenters. The Morgan fingerprint density at radius 3 is 1.38 bits per heavy atom. The predicted octanol–water partition coefficient (Wildman–Crippen LogP) is 8.81. The molecule has 29 heavy (non-hydrogen) atoms. The maximum atomic E-state index is 4.17. The molecule has 0 radical (unpaired) electrons. The first-order valence-corrected chi connectivity index (χ1v) is 14.2. The predicted molar refractivity (Wildman–Crippen MR) is 128 cm³/mol. The summed E-state index contributed by atoms with van der Waals surface area (Å²) >= 11 is 0. The first kappa shape index (κ1) is 23.6. The van der Waals surface area contributed by atoms with E-state index in [4.69, 9.17) is 0 Å². The zero-order valence-corrected chi connectivity index (χ0v) is 19.8. The van der Waals surface area contributed by atoms with Gasteiger partial charge in [0.15, 0.2) is 0 Å². The van der Waals surface area contributed by atoms with Crippen molar-refractivity contribution in [3.05, 3.63) is 0 Å². The molecule has 0 aliphatic heterocycles. The Kier molecular flexibility index (Phi) is 12.1. The third-order valence-corrected chi connectivity index (χ3v) is 8.72. The second-order valence-corrected chi connectivity index (χ2v) is 11.0. The van der Waals surface area contributed by atoms with Crippen molar-refractivity contribution in [1.82, 2.24) is 5.32 Å². The Morgan fingerprint density at radius 1 is 0.414 bits per heavy atom. The average Bonchev–Trinajstić information content (AvgIpc) is 3.15. The minimum Gasteiger partial charge on any atom is -0.313 e. The van der Waals surface area contributed by atoms with Crippen LogP contribution in [-0.2, 0) is 0 Å². The van der Waals surface area contributed by atoms with Crippen LogP contribution >= 0.6 is 0 Å². The van der Waals surface area contributed by atoms with Crippen LogP contribution < -0.4 is 5.32 Å². The molecule has 0 spiro atoms. The summed E-state index contributed by atoms with van der Waals surface area (Å²) in [6.45, 7) is 1.33. The molecule has 170 valence electrons. The van der Waals surface area contributed by atoms with E-state index in [1.807, 2.05) is 0 Å². The highest BCUT2D eigenvalue weighted by Gasteiger charge is 2.33. The molecular weight excluding hydrogens is 350 g/mol. The van der Waals surface area contributed by atoms with Crippen molar-refractivity contribution >= 4 is 0 Å². The van der Waals surface area contributed by atoms with Crippen LogP contribution in [0.4, 0.5) is 0 Å². The quantitative estimate of drug-likeness (QED) is 0.494. The van der Waals surface area contributed by atoms with E-state index in [2.05, 4.69) is 5.32 Å². The molecule has 1 heteroatoms. The van der Waals surface area contributed by atoms with Gasteiger partial charge in [-0.15, -0.1) is 0 Å². The van der Waals surface area contributed by atoms with Gasteiger partial charge >= 0.3 is 0 Å². The molecule has 3 fully saturated rings. The van der Waals surface area contributed by atoms with E-state index >= 15 is 0 Å². The molecule has 0 heterocycles. The summed E-state index contributed by atoms with van der Waals surface area (Å²) in [6.07, 6.45) is 34.5. The summed E-state index contributed by atoms with van der Waals surface area (Å²) in [6, 6.07) is 0.850. The van der Waals surface area contributed by atoms with Crippen LogP contribution in [0, 0.1) is 17.8 Å². The van der Waals surface area contributed by atoms with Gasteiger partial charge in [0.2, 0.25) is 0 Å². The van der Waals surface area contributed by atoms with Crippen LogP contribution in [0.2, 0.25) is 0 Å². The second kappa shape index (κ2) is 14.9. The van der Waals surface area contributed by atoms with Crippen molar-refractivity contribution in [1.29, 1.82) is 0 Å². The number of rotatable bonds is 4. The van der Waals surface area contributed by atoms with Gasteiger partial charge in [0, 0.05) is 6.04 Å². The molecule has 0 aromatic rings. The fourth-order valence-electron chi connectivity index (χ4n) is 6.85. The van der Waals surface area contributed by atoms with E-state index < -0.39 is 0 Å². The first-order valence-electron chi connectivity index (χ1n) is 14.2. The van der Waals surface area contributed by atoms with Gasteiger partial charge in [-0.2, -0.15) is 0 Å². The summed E-state index contributed by atoms with van der Waals surface area (Å²) in [5, 5.41) is 4.17. The molecule has 3 aliphatic rings. The van der Waals surface area contributed by atoms with Crippen molar-refractivity contribution in [2.24, 2.45) is 17.8 Å². The van der Waals surface area contributed by atoms with Crippen LogP contribution in [-0.4, -0.2) is 12.6 Å². The molecular formula is C28H53N. The zero-order valence-electron chi connectivity index (χ0n) is 19.8. The standard InChI is InChI=1S/C28H53N/c1-2-6-10-14-19-25(18-13-9-5-1)24-29-28-23-17-22-27(28)26-20-15-11-7-3-4-8-12-16-21-26/h25-29H,1-24H2. The number of hydrogen-bond acceptors (Lipinski definition) is 1. The Bertz CT molecular complexity index is 368. The third-order valence-electron chi connectivity index (χ3n) is 8.72. The lowest BCUT2D eigenvalue weighted by Gasteiger charge is -2.31. The van der Waals surface area contributed by atoms with E-state index in [0.29, 0.717) is 0 Å². The summed E-state index contributed by atoms with van der Waals surface area (Å²) in [5.74, 6) is 2.99. The topological polar surface area (TPSA) is 12.0 Å². The van der Waals surface area contributed by atoms with E-state index in [9.17, 15) is 0 Å². The molecule has 0 saturated heterocycles. The van der Waals surface area contributed by atoms with Crippen molar-refractivity contribution in [2.75, 3.05) is 6.54 Å². The van der Waals surface area contributed by atoms with Gasteiger partial charge in [-0.1, -0.05) is 122 Å². The van der Waals surface area contributed by atoms with E-state index in [1.54, 1.807) is 0 Å². The summed E-state index contributed by atoms with van der Waals surface area (Å²) in [7, 11) is 0. The molecule has 3 rings (SSSR count). The average molecular weight is 404 g/mol. The van der Waals surface area contributed by atoms with Crippen LogP contribution in [0.25, 0.3) is 0 Å². The summed E-state index contributed by atoms with van der Waals surface area (Å²) in [5.41, 5.74) is 0. The molecule has 0 aromatic heterocycles. The number of hydrogen-bond donors (Lipinski definition) is 1. The van der Waals surface area contributed by atoms with Gasteiger partial charge in [0.25, 0.3) is 0 Å². The second-order valence-electron chi connectivity index (χ2n) is 11.0.